The Hall–Kier alpha value is -6.31. The van der Waals surface area contributed by atoms with Gasteiger partial charge in [-0.1, -0.05) is 54.3 Å². The van der Waals surface area contributed by atoms with Gasteiger partial charge in [0.15, 0.2) is 19.2 Å². The fourth-order valence-electron chi connectivity index (χ4n) is 8.99. The van der Waals surface area contributed by atoms with Crippen molar-refractivity contribution in [3.63, 3.8) is 0 Å². The lowest BCUT2D eigenvalue weighted by atomic mass is 9.91. The van der Waals surface area contributed by atoms with Crippen LogP contribution in [0.4, 0.5) is 18.4 Å². The number of halogens is 2. The van der Waals surface area contributed by atoms with Gasteiger partial charge in [0.2, 0.25) is 5.88 Å². The molecule has 65 heavy (non-hydrogen) atoms. The molecule has 3 aliphatic rings. The highest BCUT2D eigenvalue weighted by Crippen LogP contribution is 2.42. The molecular weight excluding hydrogens is 839 g/mol. The van der Waals surface area contributed by atoms with Crippen LogP contribution in [0.1, 0.15) is 70.9 Å². The van der Waals surface area contributed by atoms with Crippen molar-refractivity contribution in [1.29, 1.82) is 0 Å². The summed E-state index contributed by atoms with van der Waals surface area (Å²) in [5.74, 6) is 5.75. The normalized spacial score (nSPS) is 20.8. The number of fused-ring (bicyclic) bond motifs is 3. The maximum atomic E-state index is 17.4. The van der Waals surface area contributed by atoms with E-state index in [-0.39, 0.29) is 61.6 Å². The van der Waals surface area contributed by atoms with Crippen molar-refractivity contribution in [2.45, 2.75) is 89.3 Å². The van der Waals surface area contributed by atoms with E-state index >= 15 is 4.39 Å². The number of hydrogen-bond donors (Lipinski definition) is 1. The second kappa shape index (κ2) is 19.0. The molecular formula is C49H54F2N6O8. The van der Waals surface area contributed by atoms with Gasteiger partial charge >= 0.3 is 18.2 Å². The van der Waals surface area contributed by atoms with E-state index < -0.39 is 40.9 Å². The average molecular weight is 893 g/mol. The number of ether oxygens (including phenoxy) is 6. The zero-order chi connectivity index (χ0) is 45.8. The van der Waals surface area contributed by atoms with E-state index in [0.29, 0.717) is 60.0 Å². The third-order valence-electron chi connectivity index (χ3n) is 11.9. The molecule has 3 aromatic carbocycles. The Labute approximate surface area is 376 Å². The lowest BCUT2D eigenvalue weighted by molar-refractivity contribution is 0.0120. The van der Waals surface area contributed by atoms with Crippen molar-refractivity contribution in [1.82, 2.24) is 30.1 Å². The topological polar surface area (TPSA) is 147 Å². The minimum Gasteiger partial charge on any atom is -0.472 e. The molecule has 0 saturated carbocycles. The number of alkyl halides is 1. The number of piperidine rings is 1. The third kappa shape index (κ3) is 10.5. The predicted molar refractivity (Wildman–Crippen MR) is 239 cm³/mol. The number of benzene rings is 3. The lowest BCUT2D eigenvalue weighted by Gasteiger charge is -2.40. The monoisotopic (exact) mass is 892 g/mol. The van der Waals surface area contributed by atoms with Crippen molar-refractivity contribution in [2.75, 3.05) is 53.3 Å². The molecule has 14 nitrogen and oxygen atoms in total. The van der Waals surface area contributed by atoms with E-state index in [9.17, 15) is 14.0 Å². The number of hydrogen-bond acceptors (Lipinski definition) is 12. The maximum Gasteiger partial charge on any atom is 0.410 e. The van der Waals surface area contributed by atoms with Crippen molar-refractivity contribution in [3.05, 3.63) is 83.8 Å². The van der Waals surface area contributed by atoms with Gasteiger partial charge in [0.25, 0.3) is 0 Å². The minimum absolute atomic E-state index is 0.0494. The quantitative estimate of drug-likeness (QED) is 0.0949. The van der Waals surface area contributed by atoms with Crippen molar-refractivity contribution >= 4 is 33.9 Å². The first-order chi connectivity index (χ1) is 31.2. The highest BCUT2D eigenvalue weighted by molar-refractivity contribution is 6.02. The summed E-state index contributed by atoms with van der Waals surface area (Å²) in [6, 6.07) is 18.3. The number of aromatic nitrogens is 3. The second-order valence-electron chi connectivity index (χ2n) is 18.1. The predicted octanol–water partition coefficient (Wildman–Crippen LogP) is 8.37. The molecule has 0 unspecified atom stereocenters. The molecule has 5 heterocycles. The zero-order valence-corrected chi connectivity index (χ0v) is 37.4. The molecule has 5 aromatic rings. The van der Waals surface area contributed by atoms with Gasteiger partial charge in [0.05, 0.1) is 16.5 Å². The third-order valence-corrected chi connectivity index (χ3v) is 11.9. The van der Waals surface area contributed by atoms with E-state index in [2.05, 4.69) is 37.0 Å². The number of carbonyl (C=O) groups excluding carboxylic acids is 2. The standard InChI is InChI=1S/C49H54F2N6O8/c1-47(2,3)65-46(59)56-20-11-18-48(4,29-56)55-45(58)61-22-10-17-33-15-9-16-34-23-36(64-31-60-5)24-37(39(33)34)41-40(51)42-38(26-52-41)43(62-28-32-13-7-6-8-14-32)54-44(53-42)63-30-49-19-12-21-57(49)27-35(50)25-49/h6-9,13-16,23-24,26,35H,11-12,18-22,25,27-31H2,1-5H3,(H,55,58)/t35-,48-,49+/m1/s1. The maximum absolute atomic E-state index is 17.4. The molecule has 0 aliphatic carbocycles. The Bertz CT molecular complexity index is 2620. The van der Waals surface area contributed by atoms with Crippen molar-refractivity contribution in [3.8, 4) is 40.7 Å². The fraction of sp³-hybridized carbons (Fsp3) is 0.449. The van der Waals surface area contributed by atoms with Crippen LogP contribution in [0.3, 0.4) is 0 Å². The summed E-state index contributed by atoms with van der Waals surface area (Å²) in [6.45, 7) is 9.16. The van der Waals surface area contributed by atoms with Gasteiger partial charge in [-0.25, -0.2) is 18.4 Å². The largest absolute Gasteiger partial charge is 0.472 e. The molecule has 2 aromatic heterocycles. The fourth-order valence-corrected chi connectivity index (χ4v) is 8.99. The van der Waals surface area contributed by atoms with Gasteiger partial charge in [-0.05, 0) is 89.1 Å². The van der Waals surface area contributed by atoms with Gasteiger partial charge in [0, 0.05) is 55.9 Å². The number of likely N-dealkylation sites (tertiary alicyclic amines) is 1. The lowest BCUT2D eigenvalue weighted by Crippen LogP contribution is -2.58. The van der Waals surface area contributed by atoms with Crippen molar-refractivity contribution in [2.24, 2.45) is 0 Å². The summed E-state index contributed by atoms with van der Waals surface area (Å²) in [4.78, 5) is 43.3. The zero-order valence-electron chi connectivity index (χ0n) is 37.4. The summed E-state index contributed by atoms with van der Waals surface area (Å²) in [6.07, 6.45) is 2.76. The number of carbonyl (C=O) groups is 2. The van der Waals surface area contributed by atoms with Crippen LogP contribution in [0.25, 0.3) is 32.9 Å². The first-order valence-electron chi connectivity index (χ1n) is 21.9. The molecule has 3 atom stereocenters. The molecule has 0 spiro atoms. The number of alkyl carbamates (subject to hydrolysis) is 1. The van der Waals surface area contributed by atoms with Crippen LogP contribution in [0.5, 0.6) is 17.6 Å². The highest BCUT2D eigenvalue weighted by atomic mass is 19.1. The van der Waals surface area contributed by atoms with E-state index in [1.807, 2.05) is 70.2 Å². The van der Waals surface area contributed by atoms with Gasteiger partial charge in [-0.2, -0.15) is 9.97 Å². The Morgan fingerprint density at radius 1 is 1.00 bits per heavy atom. The van der Waals surface area contributed by atoms with Crippen LogP contribution in [0, 0.1) is 17.7 Å². The van der Waals surface area contributed by atoms with Crippen LogP contribution in [-0.4, -0.2) is 113 Å². The van der Waals surface area contributed by atoms with Crippen LogP contribution in [-0.2, 0) is 20.8 Å². The number of amides is 2. The van der Waals surface area contributed by atoms with E-state index in [4.69, 9.17) is 28.4 Å². The molecule has 1 N–H and O–H groups in total. The average Bonchev–Trinajstić information content (AvgIpc) is 3.80. The van der Waals surface area contributed by atoms with Crippen LogP contribution >= 0.6 is 0 Å². The van der Waals surface area contributed by atoms with Crippen molar-refractivity contribution < 1.29 is 46.8 Å². The van der Waals surface area contributed by atoms with Crippen LogP contribution in [0.2, 0.25) is 0 Å². The first-order valence-corrected chi connectivity index (χ1v) is 21.9. The van der Waals surface area contributed by atoms with Gasteiger partial charge in [-0.15, -0.1) is 0 Å². The summed E-state index contributed by atoms with van der Waals surface area (Å²) in [7, 11) is 1.50. The summed E-state index contributed by atoms with van der Waals surface area (Å²) < 4.78 is 66.5. The molecule has 342 valence electrons. The Morgan fingerprint density at radius 2 is 1.82 bits per heavy atom. The van der Waals surface area contributed by atoms with Gasteiger partial charge in [0.1, 0.15) is 41.9 Å². The molecule has 2 amide bonds. The van der Waals surface area contributed by atoms with Crippen LogP contribution < -0.4 is 19.5 Å². The van der Waals surface area contributed by atoms with E-state index in [1.54, 1.807) is 23.1 Å². The SMILES string of the molecule is COCOc1cc(-c2ncc3c(OCc4ccccc4)nc(OC[C@@]45CCCN4C[C@H](F)C5)nc3c2F)c2c(C#CCOC(=O)N[C@]3(C)CCCN(C(=O)OC(C)(C)C)C3)cccc2c1. The number of nitrogens with zero attached hydrogens (tertiary/aromatic N) is 5. The highest BCUT2D eigenvalue weighted by Gasteiger charge is 2.49. The number of methoxy groups -OCH3 is 1. The van der Waals surface area contributed by atoms with E-state index in [1.165, 1.54) is 13.3 Å². The Morgan fingerprint density at radius 3 is 2.62 bits per heavy atom. The molecule has 3 fully saturated rings. The minimum atomic E-state index is -0.956. The molecule has 3 aliphatic heterocycles. The molecule has 16 heteroatoms. The molecule has 0 radical (unpaired) electrons. The number of nitrogens with one attached hydrogen (secondary N) is 1. The molecule has 0 bridgehead atoms. The number of rotatable bonds is 12. The second-order valence-corrected chi connectivity index (χ2v) is 18.1. The van der Waals surface area contributed by atoms with Crippen LogP contribution in [0.15, 0.2) is 66.9 Å². The summed E-state index contributed by atoms with van der Waals surface area (Å²) in [5.41, 5.74) is -0.269. The van der Waals surface area contributed by atoms with Gasteiger partial charge < -0.3 is 38.6 Å². The summed E-state index contributed by atoms with van der Waals surface area (Å²) >= 11 is 0. The van der Waals surface area contributed by atoms with Gasteiger partial charge in [-0.3, -0.25) is 9.88 Å². The van der Waals surface area contributed by atoms with E-state index in [0.717, 1.165) is 24.9 Å². The summed E-state index contributed by atoms with van der Waals surface area (Å²) in [5, 5.41) is 4.36. The molecule has 8 rings (SSSR count). The number of pyridine rings is 1. The first kappa shape index (κ1) is 45.3. The smallest absolute Gasteiger partial charge is 0.410 e. The Kier molecular flexibility index (Phi) is 13.3. The Balaban J connectivity index is 1.09. The molecule has 3 saturated heterocycles.